The molecule has 1 aromatic carbocycles. The molecule has 108 valence electrons. The Kier molecular flexibility index (Phi) is 3.74. The summed E-state index contributed by atoms with van der Waals surface area (Å²) >= 11 is 0. The van der Waals surface area contributed by atoms with Crippen molar-refractivity contribution in [2.45, 2.75) is 51.6 Å². The largest absolute Gasteiger partial charge is 0.328 e. The Morgan fingerprint density at radius 2 is 2.30 bits per heavy atom. The molecule has 0 bridgehead atoms. The van der Waals surface area contributed by atoms with E-state index in [-0.39, 0.29) is 5.82 Å². The lowest BCUT2D eigenvalue weighted by Gasteiger charge is -2.28. The molecule has 2 heterocycles. The molecule has 1 saturated heterocycles. The molecule has 1 fully saturated rings. The van der Waals surface area contributed by atoms with Gasteiger partial charge < -0.3 is 9.88 Å². The molecule has 1 aromatic heterocycles. The number of fused-ring (bicyclic) bond motifs is 1. The van der Waals surface area contributed by atoms with Crippen LogP contribution >= 0.6 is 0 Å². The first-order valence-electron chi connectivity index (χ1n) is 7.58. The lowest BCUT2D eigenvalue weighted by Crippen LogP contribution is -2.35. The third kappa shape index (κ3) is 2.33. The van der Waals surface area contributed by atoms with E-state index in [2.05, 4.69) is 28.7 Å². The molecular formula is C16H22FN3. The summed E-state index contributed by atoms with van der Waals surface area (Å²) in [6.07, 6.45) is 3.20. The third-order valence-electron chi connectivity index (χ3n) is 4.20. The van der Waals surface area contributed by atoms with Crippen LogP contribution in [0.1, 0.15) is 44.9 Å². The van der Waals surface area contributed by atoms with Crippen LogP contribution in [0, 0.1) is 5.82 Å². The number of nitrogens with one attached hydrogen (secondary N) is 1. The van der Waals surface area contributed by atoms with Gasteiger partial charge in [-0.3, -0.25) is 0 Å². The first-order chi connectivity index (χ1) is 9.70. The van der Waals surface area contributed by atoms with Crippen LogP contribution < -0.4 is 5.32 Å². The lowest BCUT2D eigenvalue weighted by molar-refractivity contribution is 0.364. The van der Waals surface area contributed by atoms with E-state index < -0.39 is 0 Å². The summed E-state index contributed by atoms with van der Waals surface area (Å²) in [6.45, 7) is 6.29. The molecule has 1 aliphatic heterocycles. The van der Waals surface area contributed by atoms with E-state index >= 15 is 0 Å². The molecule has 3 rings (SSSR count). The number of aromatic nitrogens is 2. The number of piperidine rings is 1. The molecule has 20 heavy (non-hydrogen) atoms. The second kappa shape index (κ2) is 5.52. The zero-order chi connectivity index (χ0) is 14.1. The van der Waals surface area contributed by atoms with Gasteiger partial charge in [-0.25, -0.2) is 9.37 Å². The minimum absolute atomic E-state index is 0.208. The van der Waals surface area contributed by atoms with Crippen molar-refractivity contribution in [2.75, 3.05) is 6.54 Å². The molecule has 0 amide bonds. The van der Waals surface area contributed by atoms with E-state index in [0.29, 0.717) is 17.5 Å². The van der Waals surface area contributed by atoms with Crippen LogP contribution in [0.3, 0.4) is 0 Å². The van der Waals surface area contributed by atoms with Crippen molar-refractivity contribution in [3.8, 4) is 0 Å². The minimum atomic E-state index is -0.208. The van der Waals surface area contributed by atoms with Gasteiger partial charge in [0, 0.05) is 18.5 Å². The predicted octanol–water partition coefficient (Wildman–Crippen LogP) is 3.44. The molecule has 3 nitrogen and oxygen atoms in total. The Bertz CT molecular complexity index is 605. The van der Waals surface area contributed by atoms with Crippen LogP contribution in [-0.2, 0) is 6.54 Å². The van der Waals surface area contributed by atoms with Gasteiger partial charge in [0.15, 0.2) is 5.82 Å². The maximum Gasteiger partial charge on any atom is 0.151 e. The highest BCUT2D eigenvalue weighted by molar-refractivity contribution is 5.76. The fourth-order valence-corrected chi connectivity index (χ4v) is 3.27. The van der Waals surface area contributed by atoms with Crippen molar-refractivity contribution in [2.24, 2.45) is 0 Å². The topological polar surface area (TPSA) is 29.9 Å². The normalized spacial score (nSPS) is 23.4. The molecule has 1 N–H and O–H groups in total. The molecule has 0 saturated carbocycles. The van der Waals surface area contributed by atoms with E-state index in [1.54, 1.807) is 6.07 Å². The molecule has 2 aromatic rings. The van der Waals surface area contributed by atoms with Gasteiger partial charge in [0.25, 0.3) is 0 Å². The SMILES string of the molecule is CCCn1c(C2CCNC(C)C2)nc2c(F)cccc21. The van der Waals surface area contributed by atoms with E-state index in [0.717, 1.165) is 43.7 Å². The van der Waals surface area contributed by atoms with E-state index in [1.807, 2.05) is 6.07 Å². The summed E-state index contributed by atoms with van der Waals surface area (Å²) in [5.74, 6) is 1.30. The van der Waals surface area contributed by atoms with Crippen molar-refractivity contribution < 1.29 is 4.39 Å². The first kappa shape index (κ1) is 13.6. The number of hydrogen-bond donors (Lipinski definition) is 1. The zero-order valence-electron chi connectivity index (χ0n) is 12.2. The second-order valence-corrected chi connectivity index (χ2v) is 5.81. The van der Waals surface area contributed by atoms with Crippen molar-refractivity contribution >= 4 is 11.0 Å². The van der Waals surface area contributed by atoms with E-state index in [4.69, 9.17) is 0 Å². The Morgan fingerprint density at radius 1 is 1.45 bits per heavy atom. The van der Waals surface area contributed by atoms with Crippen LogP contribution in [0.4, 0.5) is 4.39 Å². The molecule has 2 unspecified atom stereocenters. The van der Waals surface area contributed by atoms with Gasteiger partial charge in [-0.05, 0) is 44.9 Å². The summed E-state index contributed by atoms with van der Waals surface area (Å²) < 4.78 is 16.2. The van der Waals surface area contributed by atoms with Gasteiger partial charge in [-0.15, -0.1) is 0 Å². The summed E-state index contributed by atoms with van der Waals surface area (Å²) in [7, 11) is 0. The smallest absolute Gasteiger partial charge is 0.151 e. The van der Waals surface area contributed by atoms with Gasteiger partial charge in [-0.1, -0.05) is 13.0 Å². The average Bonchev–Trinajstić information content (AvgIpc) is 2.80. The third-order valence-corrected chi connectivity index (χ3v) is 4.20. The number of benzene rings is 1. The van der Waals surface area contributed by atoms with Gasteiger partial charge in [-0.2, -0.15) is 0 Å². The summed E-state index contributed by atoms with van der Waals surface area (Å²) in [6, 6.07) is 5.77. The number of aryl methyl sites for hydroxylation is 1. The van der Waals surface area contributed by atoms with Crippen molar-refractivity contribution in [1.82, 2.24) is 14.9 Å². The quantitative estimate of drug-likeness (QED) is 0.930. The van der Waals surface area contributed by atoms with Gasteiger partial charge in [0.05, 0.1) is 5.52 Å². The Morgan fingerprint density at radius 3 is 3.05 bits per heavy atom. The number of imidazole rings is 1. The number of halogens is 1. The van der Waals surface area contributed by atoms with Crippen LogP contribution in [0.2, 0.25) is 0 Å². The summed E-state index contributed by atoms with van der Waals surface area (Å²) in [5.41, 5.74) is 1.47. The number of rotatable bonds is 3. The van der Waals surface area contributed by atoms with Crippen LogP contribution in [0.5, 0.6) is 0 Å². The van der Waals surface area contributed by atoms with Gasteiger partial charge >= 0.3 is 0 Å². The molecule has 0 aliphatic carbocycles. The van der Waals surface area contributed by atoms with E-state index in [1.165, 1.54) is 6.07 Å². The second-order valence-electron chi connectivity index (χ2n) is 5.81. The molecular weight excluding hydrogens is 253 g/mol. The maximum atomic E-state index is 14.0. The van der Waals surface area contributed by atoms with Crippen molar-refractivity contribution in [1.29, 1.82) is 0 Å². The number of hydrogen-bond acceptors (Lipinski definition) is 2. The molecule has 4 heteroatoms. The predicted molar refractivity (Wildman–Crippen MR) is 79.4 cm³/mol. The highest BCUT2D eigenvalue weighted by Crippen LogP contribution is 2.31. The van der Waals surface area contributed by atoms with Crippen molar-refractivity contribution in [3.05, 3.63) is 29.8 Å². The first-order valence-corrected chi connectivity index (χ1v) is 7.58. The number of para-hydroxylation sites is 1. The van der Waals surface area contributed by atoms with Crippen LogP contribution in [0.25, 0.3) is 11.0 Å². The molecule has 1 aliphatic rings. The Hall–Kier alpha value is -1.42. The number of nitrogens with zero attached hydrogens (tertiary/aromatic N) is 2. The van der Waals surface area contributed by atoms with E-state index in [9.17, 15) is 4.39 Å². The molecule has 0 radical (unpaired) electrons. The van der Waals surface area contributed by atoms with Crippen molar-refractivity contribution in [3.63, 3.8) is 0 Å². The zero-order valence-corrected chi connectivity index (χ0v) is 12.2. The summed E-state index contributed by atoms with van der Waals surface area (Å²) in [4.78, 5) is 4.65. The molecule has 2 atom stereocenters. The average molecular weight is 275 g/mol. The van der Waals surface area contributed by atoms with Crippen LogP contribution in [-0.4, -0.2) is 22.1 Å². The van der Waals surface area contributed by atoms with Crippen LogP contribution in [0.15, 0.2) is 18.2 Å². The Labute approximate surface area is 119 Å². The standard InChI is InChI=1S/C16H22FN3/c1-3-9-20-14-6-4-5-13(17)15(14)19-16(20)12-7-8-18-11(2)10-12/h4-6,11-12,18H,3,7-10H2,1-2H3. The lowest BCUT2D eigenvalue weighted by atomic mass is 9.92. The van der Waals surface area contributed by atoms with Gasteiger partial charge in [0.1, 0.15) is 11.3 Å². The highest BCUT2D eigenvalue weighted by atomic mass is 19.1. The monoisotopic (exact) mass is 275 g/mol. The van der Waals surface area contributed by atoms with Gasteiger partial charge in [0.2, 0.25) is 0 Å². The Balaban J connectivity index is 2.08. The fourth-order valence-electron chi connectivity index (χ4n) is 3.27. The minimum Gasteiger partial charge on any atom is -0.328 e. The maximum absolute atomic E-state index is 14.0. The molecule has 0 spiro atoms. The highest BCUT2D eigenvalue weighted by Gasteiger charge is 2.25. The summed E-state index contributed by atoms with van der Waals surface area (Å²) in [5, 5.41) is 3.47. The fraction of sp³-hybridized carbons (Fsp3) is 0.562.